The van der Waals surface area contributed by atoms with Crippen LogP contribution in [0.3, 0.4) is 0 Å². The number of hydrogen-bond acceptors (Lipinski definition) is 5. The molecule has 2 atom stereocenters. The molecular formula is C24H33N3O3S. The number of hydrogen-bond donors (Lipinski definition) is 1. The quantitative estimate of drug-likeness (QED) is 0.708. The Morgan fingerprint density at radius 3 is 2.45 bits per heavy atom. The van der Waals surface area contributed by atoms with E-state index in [2.05, 4.69) is 44.9 Å². The lowest BCUT2D eigenvalue weighted by Crippen LogP contribution is -2.52. The molecule has 1 N–H and O–H groups in total. The number of nitrogens with one attached hydrogen (secondary N) is 1. The highest BCUT2D eigenvalue weighted by atomic mass is 32.2. The largest absolute Gasteiger partial charge is 0.378 e. The van der Waals surface area contributed by atoms with Gasteiger partial charge in [0.15, 0.2) is 0 Å². The zero-order valence-corrected chi connectivity index (χ0v) is 19.0. The molecule has 2 heterocycles. The molecule has 0 amide bonds. The average Bonchev–Trinajstić information content (AvgIpc) is 2.79. The van der Waals surface area contributed by atoms with Crippen LogP contribution >= 0.6 is 0 Å². The van der Waals surface area contributed by atoms with Gasteiger partial charge >= 0.3 is 0 Å². The molecule has 7 heteroatoms. The highest BCUT2D eigenvalue weighted by Crippen LogP contribution is 2.34. The van der Waals surface area contributed by atoms with Crippen molar-refractivity contribution in [3.05, 3.63) is 60.3 Å². The second-order valence-corrected chi connectivity index (χ2v) is 10.7. The molecule has 0 spiro atoms. The fraction of sp³-hybridized carbons (Fsp3) is 0.542. The molecule has 1 aromatic carbocycles. The molecule has 31 heavy (non-hydrogen) atoms. The number of ether oxygens (including phenoxy) is 1. The van der Waals surface area contributed by atoms with Gasteiger partial charge in [0.2, 0.25) is 10.0 Å². The van der Waals surface area contributed by atoms with Gasteiger partial charge in [0.25, 0.3) is 0 Å². The Bertz CT molecular complexity index is 916. The van der Waals surface area contributed by atoms with E-state index in [0.717, 1.165) is 51.0 Å². The second-order valence-electron chi connectivity index (χ2n) is 8.90. The third-order valence-electron chi connectivity index (χ3n) is 6.56. The average molecular weight is 444 g/mol. The van der Waals surface area contributed by atoms with Crippen LogP contribution in [-0.4, -0.2) is 51.5 Å². The van der Waals surface area contributed by atoms with E-state index in [9.17, 15) is 8.42 Å². The predicted octanol–water partition coefficient (Wildman–Crippen LogP) is 3.57. The Morgan fingerprint density at radius 2 is 1.77 bits per heavy atom. The zero-order chi connectivity index (χ0) is 21.7. The van der Waals surface area contributed by atoms with Crippen molar-refractivity contribution in [3.8, 4) is 0 Å². The smallest absolute Gasteiger partial charge is 0.208 e. The number of nitrogens with zero attached hydrogens (tertiary/aromatic N) is 2. The van der Waals surface area contributed by atoms with Crippen molar-refractivity contribution < 1.29 is 13.2 Å². The lowest BCUT2D eigenvalue weighted by molar-refractivity contribution is -0.00213. The molecule has 1 aromatic heterocycles. The fourth-order valence-corrected chi connectivity index (χ4v) is 5.79. The molecule has 1 saturated heterocycles. The monoisotopic (exact) mass is 443 g/mol. The molecular weight excluding hydrogens is 410 g/mol. The summed E-state index contributed by atoms with van der Waals surface area (Å²) in [6, 6.07) is 16.5. The number of benzene rings is 1. The highest BCUT2D eigenvalue weighted by Gasteiger charge is 2.33. The first-order chi connectivity index (χ1) is 15.0. The van der Waals surface area contributed by atoms with Gasteiger partial charge in [-0.15, -0.1) is 0 Å². The zero-order valence-electron chi connectivity index (χ0n) is 18.2. The standard InChI is InChI=1S/C24H33N3O3S/c1-31(28,29)26-23-14-16-27(24-9-5-6-15-25-24)17-21(23)18-30-22-12-10-20(11-13-22)19-7-3-2-4-8-19/h2-9,15,20-23,26H,10-14,16-18H2,1H3. The minimum absolute atomic E-state index is 0.0947. The molecule has 1 aliphatic heterocycles. The summed E-state index contributed by atoms with van der Waals surface area (Å²) in [4.78, 5) is 6.71. The van der Waals surface area contributed by atoms with E-state index >= 15 is 0 Å². The second kappa shape index (κ2) is 10.1. The molecule has 4 rings (SSSR count). The first-order valence-corrected chi connectivity index (χ1v) is 13.2. The first kappa shape index (κ1) is 22.2. The van der Waals surface area contributed by atoms with Crippen LogP contribution in [0.15, 0.2) is 54.7 Å². The van der Waals surface area contributed by atoms with Gasteiger partial charge in [-0.05, 0) is 55.7 Å². The fourth-order valence-electron chi connectivity index (χ4n) is 4.93. The maximum Gasteiger partial charge on any atom is 0.208 e. The van der Waals surface area contributed by atoms with Gasteiger partial charge < -0.3 is 9.64 Å². The van der Waals surface area contributed by atoms with Crippen LogP contribution in [0.4, 0.5) is 5.82 Å². The normalized spacial score (nSPS) is 27.2. The van der Waals surface area contributed by atoms with Crippen LogP contribution in [-0.2, 0) is 14.8 Å². The number of aromatic nitrogens is 1. The number of rotatable bonds is 7. The van der Waals surface area contributed by atoms with Gasteiger partial charge in [0.05, 0.1) is 19.0 Å². The topological polar surface area (TPSA) is 71.5 Å². The summed E-state index contributed by atoms with van der Waals surface area (Å²) in [5.74, 6) is 1.65. The van der Waals surface area contributed by atoms with Crippen LogP contribution in [0.5, 0.6) is 0 Å². The van der Waals surface area contributed by atoms with Crippen LogP contribution < -0.4 is 9.62 Å². The van der Waals surface area contributed by atoms with Gasteiger partial charge in [-0.25, -0.2) is 18.1 Å². The summed E-state index contributed by atoms with van der Waals surface area (Å²) in [6.45, 7) is 2.09. The summed E-state index contributed by atoms with van der Waals surface area (Å²) in [7, 11) is -3.26. The molecule has 6 nitrogen and oxygen atoms in total. The molecule has 2 unspecified atom stereocenters. The van der Waals surface area contributed by atoms with E-state index in [4.69, 9.17) is 4.74 Å². The molecule has 2 aliphatic rings. The van der Waals surface area contributed by atoms with Crippen molar-refractivity contribution in [1.82, 2.24) is 9.71 Å². The van der Waals surface area contributed by atoms with Crippen molar-refractivity contribution >= 4 is 15.8 Å². The maximum atomic E-state index is 11.9. The van der Waals surface area contributed by atoms with Gasteiger partial charge in [0.1, 0.15) is 5.82 Å². The van der Waals surface area contributed by atoms with Crippen LogP contribution in [0.25, 0.3) is 0 Å². The summed E-state index contributed by atoms with van der Waals surface area (Å²) in [5, 5.41) is 0. The molecule has 0 radical (unpaired) electrons. The van der Waals surface area contributed by atoms with Gasteiger partial charge in [-0.3, -0.25) is 0 Å². The van der Waals surface area contributed by atoms with Crippen LogP contribution in [0, 0.1) is 5.92 Å². The van der Waals surface area contributed by atoms with E-state index in [-0.39, 0.29) is 18.1 Å². The predicted molar refractivity (Wildman–Crippen MR) is 124 cm³/mol. The van der Waals surface area contributed by atoms with E-state index in [1.165, 1.54) is 11.8 Å². The van der Waals surface area contributed by atoms with E-state index in [1.54, 1.807) is 6.20 Å². The van der Waals surface area contributed by atoms with Crippen molar-refractivity contribution in [1.29, 1.82) is 0 Å². The Labute approximate surface area is 186 Å². The first-order valence-electron chi connectivity index (χ1n) is 11.3. The summed E-state index contributed by atoms with van der Waals surface area (Å²) in [5.41, 5.74) is 1.43. The SMILES string of the molecule is CS(=O)(=O)NC1CCN(c2ccccn2)CC1COC1CCC(c2ccccc2)CC1. The summed E-state index contributed by atoms with van der Waals surface area (Å²) in [6.07, 6.45) is 8.44. The molecule has 1 saturated carbocycles. The van der Waals surface area contributed by atoms with E-state index in [1.807, 2.05) is 18.2 Å². The Hall–Kier alpha value is -1.96. The van der Waals surface area contributed by atoms with Gasteiger partial charge in [-0.2, -0.15) is 0 Å². The Kier molecular flexibility index (Phi) is 7.25. The Morgan fingerprint density at radius 1 is 1.03 bits per heavy atom. The third kappa shape index (κ3) is 6.28. The number of piperidine rings is 1. The number of pyridine rings is 1. The molecule has 2 aromatic rings. The van der Waals surface area contributed by atoms with Crippen LogP contribution in [0.2, 0.25) is 0 Å². The van der Waals surface area contributed by atoms with Crippen molar-refractivity contribution in [2.24, 2.45) is 5.92 Å². The van der Waals surface area contributed by atoms with Gasteiger partial charge in [0, 0.05) is 31.2 Å². The molecule has 2 fully saturated rings. The van der Waals surface area contributed by atoms with Crippen molar-refractivity contribution in [2.75, 3.05) is 30.9 Å². The summed E-state index contributed by atoms with van der Waals surface area (Å²) < 4.78 is 33.0. The van der Waals surface area contributed by atoms with Crippen LogP contribution in [0.1, 0.15) is 43.6 Å². The lowest BCUT2D eigenvalue weighted by atomic mass is 9.82. The Balaban J connectivity index is 1.34. The highest BCUT2D eigenvalue weighted by molar-refractivity contribution is 7.88. The maximum absolute atomic E-state index is 11.9. The van der Waals surface area contributed by atoms with Crippen molar-refractivity contribution in [3.63, 3.8) is 0 Å². The summed E-state index contributed by atoms with van der Waals surface area (Å²) >= 11 is 0. The minimum Gasteiger partial charge on any atom is -0.378 e. The number of anilines is 1. The molecule has 0 bridgehead atoms. The minimum atomic E-state index is -3.26. The van der Waals surface area contributed by atoms with Gasteiger partial charge in [-0.1, -0.05) is 36.4 Å². The lowest BCUT2D eigenvalue weighted by Gasteiger charge is -2.40. The van der Waals surface area contributed by atoms with Crippen molar-refractivity contribution in [2.45, 2.75) is 50.2 Å². The molecule has 1 aliphatic carbocycles. The molecule has 168 valence electrons. The third-order valence-corrected chi connectivity index (χ3v) is 7.29. The van der Waals surface area contributed by atoms with E-state index in [0.29, 0.717) is 12.5 Å². The number of sulfonamides is 1. The van der Waals surface area contributed by atoms with E-state index < -0.39 is 10.0 Å².